The van der Waals surface area contributed by atoms with Crippen molar-refractivity contribution in [2.45, 2.75) is 6.42 Å². The zero-order chi connectivity index (χ0) is 10.6. The Morgan fingerprint density at radius 2 is 2.36 bits per heavy atom. The molecule has 0 N–H and O–H groups in total. The molecule has 0 radical (unpaired) electrons. The number of hydrogen-bond acceptors (Lipinski definition) is 3. The summed E-state index contributed by atoms with van der Waals surface area (Å²) in [5.41, 5.74) is -0.106. The lowest BCUT2D eigenvalue weighted by Gasteiger charge is -2.02. The van der Waals surface area contributed by atoms with Gasteiger partial charge in [0.25, 0.3) is 0 Å². The first-order valence-electron chi connectivity index (χ1n) is 3.92. The fourth-order valence-electron chi connectivity index (χ4n) is 1.01. The molecule has 1 aromatic rings. The van der Waals surface area contributed by atoms with Crippen LogP contribution in [0, 0.1) is 17.1 Å². The zero-order valence-corrected chi connectivity index (χ0v) is 7.58. The summed E-state index contributed by atoms with van der Waals surface area (Å²) in [4.78, 5) is 11.2. The maximum Gasteiger partial charge on any atom is 0.179 e. The third-order valence-corrected chi connectivity index (χ3v) is 1.71. The summed E-state index contributed by atoms with van der Waals surface area (Å²) in [5.74, 6) is -0.775. The fraction of sp³-hybridized carbons (Fsp3) is 0.200. The number of nitriles is 1. The van der Waals surface area contributed by atoms with Crippen LogP contribution in [0.4, 0.5) is 4.39 Å². The van der Waals surface area contributed by atoms with E-state index in [1.807, 2.05) is 0 Å². The first-order valence-corrected chi connectivity index (χ1v) is 3.92. The summed E-state index contributed by atoms with van der Waals surface area (Å²) >= 11 is 0. The zero-order valence-electron chi connectivity index (χ0n) is 7.58. The Balaban J connectivity index is 3.07. The van der Waals surface area contributed by atoms with Crippen LogP contribution in [0.3, 0.4) is 0 Å². The molecule has 0 spiro atoms. The van der Waals surface area contributed by atoms with Gasteiger partial charge in [-0.05, 0) is 18.2 Å². The van der Waals surface area contributed by atoms with Crippen LogP contribution in [0.1, 0.15) is 16.8 Å². The van der Waals surface area contributed by atoms with E-state index in [0.29, 0.717) is 5.75 Å². The standard InChI is InChI=1S/C10H8FNO2/c1-14-7-2-3-9(11)8(6-7)10(13)4-5-12/h2-3,6H,4H2,1H3. The molecule has 0 saturated carbocycles. The van der Waals surface area contributed by atoms with E-state index in [1.54, 1.807) is 6.07 Å². The highest BCUT2D eigenvalue weighted by Crippen LogP contribution is 2.17. The quantitative estimate of drug-likeness (QED) is 0.689. The van der Waals surface area contributed by atoms with Gasteiger partial charge in [-0.15, -0.1) is 0 Å². The van der Waals surface area contributed by atoms with Crippen molar-refractivity contribution in [2.24, 2.45) is 0 Å². The molecule has 0 aromatic heterocycles. The van der Waals surface area contributed by atoms with Crippen LogP contribution in [0.2, 0.25) is 0 Å². The summed E-state index contributed by atoms with van der Waals surface area (Å²) in [6.45, 7) is 0. The highest BCUT2D eigenvalue weighted by Gasteiger charge is 2.12. The monoisotopic (exact) mass is 193 g/mol. The van der Waals surface area contributed by atoms with E-state index >= 15 is 0 Å². The van der Waals surface area contributed by atoms with E-state index in [2.05, 4.69) is 0 Å². The largest absolute Gasteiger partial charge is 0.497 e. The number of ketones is 1. The van der Waals surface area contributed by atoms with Gasteiger partial charge in [-0.3, -0.25) is 4.79 Å². The maximum atomic E-state index is 13.1. The second kappa shape index (κ2) is 4.38. The molecule has 0 bridgehead atoms. The van der Waals surface area contributed by atoms with E-state index < -0.39 is 11.6 Å². The molecule has 0 heterocycles. The molecule has 0 aliphatic carbocycles. The molecule has 0 unspecified atom stereocenters. The number of hydrogen-bond donors (Lipinski definition) is 0. The van der Waals surface area contributed by atoms with Crippen molar-refractivity contribution >= 4 is 5.78 Å². The third-order valence-electron chi connectivity index (χ3n) is 1.71. The molecule has 0 amide bonds. The second-order valence-corrected chi connectivity index (χ2v) is 2.60. The summed E-state index contributed by atoms with van der Waals surface area (Å²) in [5, 5.41) is 8.29. The smallest absolute Gasteiger partial charge is 0.179 e. The lowest BCUT2D eigenvalue weighted by molar-refractivity contribution is 0.0993. The van der Waals surface area contributed by atoms with Crippen LogP contribution < -0.4 is 4.74 Å². The van der Waals surface area contributed by atoms with Crippen LogP contribution in [0.25, 0.3) is 0 Å². The Hall–Kier alpha value is -1.89. The normalized spacial score (nSPS) is 9.21. The number of methoxy groups -OCH3 is 1. The minimum Gasteiger partial charge on any atom is -0.497 e. The van der Waals surface area contributed by atoms with Gasteiger partial charge in [0.1, 0.15) is 11.6 Å². The van der Waals surface area contributed by atoms with Crippen molar-refractivity contribution < 1.29 is 13.9 Å². The summed E-state index contributed by atoms with van der Waals surface area (Å²) in [6.07, 6.45) is -0.329. The predicted molar refractivity (Wildman–Crippen MR) is 47.5 cm³/mol. The number of carbonyl (C=O) groups is 1. The van der Waals surface area contributed by atoms with E-state index in [9.17, 15) is 9.18 Å². The van der Waals surface area contributed by atoms with E-state index in [1.165, 1.54) is 19.2 Å². The van der Waals surface area contributed by atoms with Crippen molar-refractivity contribution in [3.05, 3.63) is 29.6 Å². The van der Waals surface area contributed by atoms with Crippen LogP contribution in [0.15, 0.2) is 18.2 Å². The van der Waals surface area contributed by atoms with Gasteiger partial charge in [0.05, 0.1) is 25.2 Å². The molecule has 0 fully saturated rings. The SMILES string of the molecule is COc1ccc(F)c(C(=O)CC#N)c1. The van der Waals surface area contributed by atoms with Gasteiger partial charge in [0, 0.05) is 0 Å². The van der Waals surface area contributed by atoms with Gasteiger partial charge >= 0.3 is 0 Å². The van der Waals surface area contributed by atoms with Crippen molar-refractivity contribution in [2.75, 3.05) is 7.11 Å². The van der Waals surface area contributed by atoms with Crippen LogP contribution in [0.5, 0.6) is 5.75 Å². The Morgan fingerprint density at radius 1 is 1.64 bits per heavy atom. The lowest BCUT2D eigenvalue weighted by Crippen LogP contribution is -2.01. The van der Waals surface area contributed by atoms with E-state index in [0.717, 1.165) is 6.07 Å². The van der Waals surface area contributed by atoms with Gasteiger partial charge in [-0.2, -0.15) is 5.26 Å². The minimum absolute atomic E-state index is 0.106. The van der Waals surface area contributed by atoms with E-state index in [-0.39, 0.29) is 12.0 Å². The molecule has 1 rings (SSSR count). The minimum atomic E-state index is -0.633. The van der Waals surface area contributed by atoms with E-state index in [4.69, 9.17) is 10.00 Å². The van der Waals surface area contributed by atoms with Gasteiger partial charge in [0.2, 0.25) is 0 Å². The van der Waals surface area contributed by atoms with Crippen LogP contribution >= 0.6 is 0 Å². The molecule has 0 saturated heterocycles. The van der Waals surface area contributed by atoms with Crippen LogP contribution in [-0.2, 0) is 0 Å². The summed E-state index contributed by atoms with van der Waals surface area (Å²) in [6, 6.07) is 5.52. The number of carbonyl (C=O) groups excluding carboxylic acids is 1. The lowest BCUT2D eigenvalue weighted by atomic mass is 10.1. The molecule has 0 aliphatic rings. The molecule has 72 valence electrons. The average molecular weight is 193 g/mol. The van der Waals surface area contributed by atoms with Crippen LogP contribution in [-0.4, -0.2) is 12.9 Å². The maximum absolute atomic E-state index is 13.1. The number of halogens is 1. The van der Waals surface area contributed by atoms with Crippen molar-refractivity contribution in [1.82, 2.24) is 0 Å². The predicted octanol–water partition coefficient (Wildman–Crippen LogP) is 1.93. The molecule has 0 atom stereocenters. The number of rotatable bonds is 3. The number of Topliss-reactive ketones (excluding diaryl/α,β-unsaturated/α-hetero) is 1. The first kappa shape index (κ1) is 10.2. The molecular formula is C10H8FNO2. The molecular weight excluding hydrogens is 185 g/mol. The molecule has 1 aromatic carbocycles. The van der Waals surface area contributed by atoms with Crippen molar-refractivity contribution in [1.29, 1.82) is 5.26 Å². The van der Waals surface area contributed by atoms with Gasteiger partial charge in [-0.1, -0.05) is 0 Å². The highest BCUT2D eigenvalue weighted by molar-refractivity contribution is 5.97. The number of nitrogens with zero attached hydrogens (tertiary/aromatic N) is 1. The Labute approximate surface area is 80.7 Å². The Bertz CT molecular complexity index is 396. The third kappa shape index (κ3) is 2.07. The molecule has 3 nitrogen and oxygen atoms in total. The highest BCUT2D eigenvalue weighted by atomic mass is 19.1. The number of ether oxygens (including phenoxy) is 1. The molecule has 4 heteroatoms. The Morgan fingerprint density at radius 3 is 2.93 bits per heavy atom. The average Bonchev–Trinajstić information content (AvgIpc) is 2.19. The summed E-state index contributed by atoms with van der Waals surface area (Å²) in [7, 11) is 1.42. The summed E-state index contributed by atoms with van der Waals surface area (Å²) < 4.78 is 17.9. The number of benzene rings is 1. The molecule has 0 aliphatic heterocycles. The molecule has 14 heavy (non-hydrogen) atoms. The fourth-order valence-corrected chi connectivity index (χ4v) is 1.01. The van der Waals surface area contributed by atoms with Gasteiger partial charge < -0.3 is 4.74 Å². The van der Waals surface area contributed by atoms with Gasteiger partial charge in [0.15, 0.2) is 5.78 Å². The van der Waals surface area contributed by atoms with Crippen molar-refractivity contribution in [3.63, 3.8) is 0 Å². The first-order chi connectivity index (χ1) is 6.69. The van der Waals surface area contributed by atoms with Gasteiger partial charge in [-0.25, -0.2) is 4.39 Å². The second-order valence-electron chi connectivity index (χ2n) is 2.60. The topological polar surface area (TPSA) is 50.1 Å². The Kier molecular flexibility index (Phi) is 3.19. The van der Waals surface area contributed by atoms with Crippen molar-refractivity contribution in [3.8, 4) is 11.8 Å².